The van der Waals surface area contributed by atoms with Crippen molar-refractivity contribution < 1.29 is 1.43 Å². The van der Waals surface area contributed by atoms with Crippen molar-refractivity contribution in [3.8, 4) is 11.3 Å². The Bertz CT molecular complexity index is 455. The number of aromatic nitrogens is 2. The fourth-order valence-electron chi connectivity index (χ4n) is 1.74. The molecule has 0 N–H and O–H groups in total. The minimum absolute atomic E-state index is 0. The second-order valence-electron chi connectivity index (χ2n) is 4.39. The van der Waals surface area contributed by atoms with E-state index >= 15 is 0 Å². The van der Waals surface area contributed by atoms with Crippen LogP contribution in [-0.4, -0.2) is 9.97 Å². The third-order valence-corrected chi connectivity index (χ3v) is 2.40. The van der Waals surface area contributed by atoms with Crippen molar-refractivity contribution in [3.05, 3.63) is 48.4 Å². The number of hydrogen-bond donors (Lipinski definition) is 0. The average Bonchev–Trinajstić information content (AvgIpc) is 2.30. The lowest BCUT2D eigenvalue weighted by Gasteiger charge is -2.06. The molecular weight excluding hydrogens is 196 g/mol. The Hall–Kier alpha value is -1.70. The van der Waals surface area contributed by atoms with E-state index < -0.39 is 0 Å². The predicted octanol–water partition coefficient (Wildman–Crippen LogP) is 3.45. The molecule has 0 amide bonds. The van der Waals surface area contributed by atoms with Gasteiger partial charge < -0.3 is 0 Å². The first kappa shape index (κ1) is 10.8. The molecular formula is C14H17N2+. The van der Waals surface area contributed by atoms with Gasteiger partial charge in [-0.25, -0.2) is 0 Å². The molecule has 0 spiro atoms. The van der Waals surface area contributed by atoms with Crippen molar-refractivity contribution in [2.75, 3.05) is 0 Å². The van der Waals surface area contributed by atoms with Crippen LogP contribution in [0.15, 0.2) is 42.9 Å². The molecule has 82 valence electrons. The largest absolute Gasteiger partial charge is 1.00 e. The fraction of sp³-hybridized carbons (Fsp3) is 0.286. The lowest BCUT2D eigenvalue weighted by atomic mass is 10.0. The summed E-state index contributed by atoms with van der Waals surface area (Å²) in [6, 6.07) is 8.11. The summed E-state index contributed by atoms with van der Waals surface area (Å²) in [7, 11) is 0. The minimum atomic E-state index is 0. The summed E-state index contributed by atoms with van der Waals surface area (Å²) < 4.78 is 0. The molecule has 0 aromatic carbocycles. The number of nitrogens with zero attached hydrogens (tertiary/aromatic N) is 2. The van der Waals surface area contributed by atoms with Crippen molar-refractivity contribution in [2.24, 2.45) is 5.92 Å². The van der Waals surface area contributed by atoms with E-state index in [0.29, 0.717) is 5.92 Å². The summed E-state index contributed by atoms with van der Waals surface area (Å²) in [5, 5.41) is 0. The molecule has 0 atom stereocenters. The maximum Gasteiger partial charge on any atom is 1.00 e. The molecule has 2 aromatic rings. The van der Waals surface area contributed by atoms with Crippen LogP contribution in [0.25, 0.3) is 11.3 Å². The van der Waals surface area contributed by atoms with Crippen LogP contribution in [0, 0.1) is 5.92 Å². The van der Waals surface area contributed by atoms with Gasteiger partial charge in [-0.15, -0.1) is 0 Å². The van der Waals surface area contributed by atoms with E-state index in [9.17, 15) is 0 Å². The zero-order valence-electron chi connectivity index (χ0n) is 10.7. The first-order valence-electron chi connectivity index (χ1n) is 5.61. The number of hydrogen-bond acceptors (Lipinski definition) is 2. The Morgan fingerprint density at radius 1 is 1.25 bits per heavy atom. The zero-order chi connectivity index (χ0) is 11.4. The van der Waals surface area contributed by atoms with Crippen LogP contribution in [0.3, 0.4) is 0 Å². The molecule has 0 fully saturated rings. The lowest BCUT2D eigenvalue weighted by molar-refractivity contribution is 0.646. The first-order chi connectivity index (χ1) is 7.75. The van der Waals surface area contributed by atoms with Gasteiger partial charge in [0.25, 0.3) is 0 Å². The Kier molecular flexibility index (Phi) is 3.30. The summed E-state index contributed by atoms with van der Waals surface area (Å²) in [4.78, 5) is 8.60. The first-order valence-corrected chi connectivity index (χ1v) is 5.61. The molecule has 0 saturated carbocycles. The Balaban J connectivity index is 0.00000144. The van der Waals surface area contributed by atoms with E-state index in [-0.39, 0.29) is 1.43 Å². The maximum absolute atomic E-state index is 4.33. The van der Waals surface area contributed by atoms with Crippen molar-refractivity contribution in [3.63, 3.8) is 0 Å². The Morgan fingerprint density at radius 2 is 2.12 bits per heavy atom. The number of pyridine rings is 2. The molecule has 0 bridgehead atoms. The highest BCUT2D eigenvalue weighted by atomic mass is 14.7. The molecule has 2 heterocycles. The van der Waals surface area contributed by atoms with E-state index in [4.69, 9.17) is 0 Å². The zero-order valence-corrected chi connectivity index (χ0v) is 9.72. The van der Waals surface area contributed by atoms with Gasteiger partial charge in [-0.2, -0.15) is 0 Å². The summed E-state index contributed by atoms with van der Waals surface area (Å²) in [6.45, 7) is 4.43. The van der Waals surface area contributed by atoms with Crippen LogP contribution in [0.2, 0.25) is 0 Å². The summed E-state index contributed by atoms with van der Waals surface area (Å²) in [5.41, 5.74) is 3.36. The molecule has 2 heteroatoms. The topological polar surface area (TPSA) is 25.8 Å². The molecule has 0 aliphatic carbocycles. The lowest BCUT2D eigenvalue weighted by Crippen LogP contribution is -1.95. The monoisotopic (exact) mass is 213 g/mol. The third-order valence-electron chi connectivity index (χ3n) is 2.40. The van der Waals surface area contributed by atoms with Gasteiger partial charge in [-0.3, -0.25) is 9.97 Å². The fourth-order valence-corrected chi connectivity index (χ4v) is 1.74. The summed E-state index contributed by atoms with van der Waals surface area (Å²) >= 11 is 0. The Morgan fingerprint density at radius 3 is 2.81 bits per heavy atom. The van der Waals surface area contributed by atoms with Crippen LogP contribution in [0.1, 0.15) is 20.8 Å². The highest BCUT2D eigenvalue weighted by Gasteiger charge is 2.02. The standard InChI is InChI=1S/C14H16N2/c1-11(2)7-12-8-13(10-15-9-12)14-5-3-4-6-16-14/h3-6,8-11H,7H2,1-2H3/p+1. The SMILES string of the molecule is CC(C)Cc1cncc(-c2ccccn2)c1.[H+]. The molecule has 2 nitrogen and oxygen atoms in total. The van der Waals surface area contributed by atoms with Gasteiger partial charge in [-0.05, 0) is 36.1 Å². The van der Waals surface area contributed by atoms with Gasteiger partial charge in [-0.1, -0.05) is 19.9 Å². The van der Waals surface area contributed by atoms with E-state index in [1.807, 2.05) is 36.8 Å². The van der Waals surface area contributed by atoms with Crippen LogP contribution in [0.4, 0.5) is 0 Å². The van der Waals surface area contributed by atoms with Gasteiger partial charge in [0.1, 0.15) is 0 Å². The Labute approximate surface area is 97.9 Å². The van der Waals surface area contributed by atoms with Crippen molar-refractivity contribution in [1.82, 2.24) is 9.97 Å². The van der Waals surface area contributed by atoms with Crippen LogP contribution in [-0.2, 0) is 6.42 Å². The minimum Gasteiger partial charge on any atom is -0.264 e. The van der Waals surface area contributed by atoms with E-state index in [1.54, 1.807) is 0 Å². The molecule has 0 saturated heterocycles. The second kappa shape index (κ2) is 4.88. The van der Waals surface area contributed by atoms with Gasteiger partial charge in [0.2, 0.25) is 0 Å². The molecule has 16 heavy (non-hydrogen) atoms. The van der Waals surface area contributed by atoms with Crippen molar-refractivity contribution >= 4 is 0 Å². The van der Waals surface area contributed by atoms with Crippen molar-refractivity contribution in [1.29, 1.82) is 0 Å². The molecule has 0 unspecified atom stereocenters. The molecule has 0 aliphatic rings. The smallest absolute Gasteiger partial charge is 0.264 e. The van der Waals surface area contributed by atoms with Crippen LogP contribution >= 0.6 is 0 Å². The number of rotatable bonds is 3. The normalized spacial score (nSPS) is 10.7. The second-order valence-corrected chi connectivity index (χ2v) is 4.39. The molecule has 2 rings (SSSR count). The van der Waals surface area contributed by atoms with Gasteiger partial charge in [0.05, 0.1) is 5.69 Å². The summed E-state index contributed by atoms with van der Waals surface area (Å²) in [6.07, 6.45) is 6.68. The van der Waals surface area contributed by atoms with Gasteiger partial charge in [0, 0.05) is 24.2 Å². The summed E-state index contributed by atoms with van der Waals surface area (Å²) in [5.74, 6) is 0.654. The quantitative estimate of drug-likeness (QED) is 0.780. The van der Waals surface area contributed by atoms with Crippen molar-refractivity contribution in [2.45, 2.75) is 20.3 Å². The van der Waals surface area contributed by atoms with E-state index in [1.165, 1.54) is 5.56 Å². The van der Waals surface area contributed by atoms with E-state index in [0.717, 1.165) is 17.7 Å². The molecule has 2 aromatic heterocycles. The van der Waals surface area contributed by atoms with Gasteiger partial charge in [0.15, 0.2) is 0 Å². The van der Waals surface area contributed by atoms with Crippen LogP contribution in [0.5, 0.6) is 0 Å². The highest BCUT2D eigenvalue weighted by Crippen LogP contribution is 2.17. The molecule has 0 radical (unpaired) electrons. The van der Waals surface area contributed by atoms with Crippen LogP contribution < -0.4 is 0 Å². The highest BCUT2D eigenvalue weighted by molar-refractivity contribution is 5.58. The average molecular weight is 213 g/mol. The maximum atomic E-state index is 4.33. The molecule has 0 aliphatic heterocycles. The predicted molar refractivity (Wildman–Crippen MR) is 67.1 cm³/mol. The third kappa shape index (κ3) is 2.66. The van der Waals surface area contributed by atoms with E-state index in [2.05, 4.69) is 29.9 Å². The van der Waals surface area contributed by atoms with Gasteiger partial charge >= 0.3 is 1.43 Å².